The zero-order valence-corrected chi connectivity index (χ0v) is 13.0. The molecule has 0 aliphatic heterocycles. The number of aryl methyl sites for hydroxylation is 1. The Bertz CT molecular complexity index is 699. The maximum Gasteiger partial charge on any atom is 0.337 e. The minimum Gasteiger partial charge on any atom is -0.478 e. The van der Waals surface area contributed by atoms with Gasteiger partial charge in [0.1, 0.15) is 5.69 Å². The van der Waals surface area contributed by atoms with Crippen LogP contribution in [0.2, 0.25) is 4.34 Å². The fourth-order valence-corrected chi connectivity index (χ4v) is 2.88. The van der Waals surface area contributed by atoms with Crippen LogP contribution in [0.4, 0.5) is 0 Å². The lowest BCUT2D eigenvalue weighted by Crippen LogP contribution is -2.27. The van der Waals surface area contributed by atoms with Crippen LogP contribution in [0.3, 0.4) is 0 Å². The second kappa shape index (κ2) is 6.24. The summed E-state index contributed by atoms with van der Waals surface area (Å²) in [7, 11) is 0. The molecule has 2 N–H and O–H groups in total. The average Bonchev–Trinajstić information content (AvgIpc) is 2.84. The van der Waals surface area contributed by atoms with Crippen molar-refractivity contribution in [1.29, 1.82) is 0 Å². The van der Waals surface area contributed by atoms with Gasteiger partial charge in [-0.25, -0.2) is 9.78 Å². The molecule has 2 aromatic heterocycles. The molecule has 1 unspecified atom stereocenters. The van der Waals surface area contributed by atoms with Crippen molar-refractivity contribution in [2.24, 2.45) is 0 Å². The molecule has 2 heterocycles. The molecule has 1 atom stereocenters. The first-order valence-electron chi connectivity index (χ1n) is 6.15. The number of halogens is 1. The average molecular weight is 325 g/mol. The first-order valence-corrected chi connectivity index (χ1v) is 7.35. The molecule has 110 valence electrons. The molecule has 1 amide bonds. The van der Waals surface area contributed by atoms with Gasteiger partial charge < -0.3 is 10.4 Å². The molecule has 0 spiro atoms. The second-order valence-corrected chi connectivity index (χ2v) is 6.22. The molecule has 0 fully saturated rings. The molecule has 2 rings (SSSR count). The normalized spacial score (nSPS) is 12.0. The number of carboxylic acid groups (broad SMARTS) is 1. The van der Waals surface area contributed by atoms with Crippen molar-refractivity contribution in [2.45, 2.75) is 19.9 Å². The predicted molar refractivity (Wildman–Crippen MR) is 81.1 cm³/mol. The third-order valence-corrected chi connectivity index (χ3v) is 4.33. The number of aromatic carboxylic acids is 1. The zero-order chi connectivity index (χ0) is 15.6. The van der Waals surface area contributed by atoms with E-state index in [1.807, 2.05) is 13.0 Å². The number of carbonyl (C=O) groups is 2. The maximum atomic E-state index is 12.1. The second-order valence-electron chi connectivity index (χ2n) is 4.47. The van der Waals surface area contributed by atoms with Crippen LogP contribution in [0, 0.1) is 6.92 Å². The Morgan fingerprint density at radius 2 is 2.05 bits per heavy atom. The predicted octanol–water partition coefficient (Wildman–Crippen LogP) is 3.29. The molecule has 0 aliphatic rings. The monoisotopic (exact) mass is 324 g/mol. The van der Waals surface area contributed by atoms with Crippen molar-refractivity contribution in [3.63, 3.8) is 0 Å². The highest BCUT2D eigenvalue weighted by Gasteiger charge is 2.16. The number of hydrogen-bond donors (Lipinski definition) is 2. The van der Waals surface area contributed by atoms with Gasteiger partial charge in [-0.1, -0.05) is 11.6 Å². The Morgan fingerprint density at radius 1 is 1.33 bits per heavy atom. The van der Waals surface area contributed by atoms with E-state index in [-0.39, 0.29) is 23.2 Å². The maximum absolute atomic E-state index is 12.1. The first kappa shape index (κ1) is 15.5. The highest BCUT2D eigenvalue weighted by atomic mass is 35.5. The molecule has 0 aromatic carbocycles. The van der Waals surface area contributed by atoms with Crippen LogP contribution in [0.1, 0.15) is 44.4 Å². The summed E-state index contributed by atoms with van der Waals surface area (Å²) in [6.07, 6.45) is 0. The largest absolute Gasteiger partial charge is 0.478 e. The Morgan fingerprint density at radius 3 is 2.57 bits per heavy atom. The number of nitrogens with zero attached hydrogens (tertiary/aromatic N) is 1. The lowest BCUT2D eigenvalue weighted by atomic mass is 10.2. The molecule has 0 bridgehead atoms. The molecule has 0 radical (unpaired) electrons. The van der Waals surface area contributed by atoms with Gasteiger partial charge in [0.15, 0.2) is 0 Å². The first-order chi connectivity index (χ1) is 9.88. The fraction of sp³-hybridized carbons (Fsp3) is 0.214. The molecule has 0 saturated heterocycles. The smallest absolute Gasteiger partial charge is 0.337 e. The van der Waals surface area contributed by atoms with Gasteiger partial charge in [-0.2, -0.15) is 0 Å². The van der Waals surface area contributed by atoms with E-state index in [2.05, 4.69) is 10.3 Å². The summed E-state index contributed by atoms with van der Waals surface area (Å²) in [5.74, 6) is -1.42. The van der Waals surface area contributed by atoms with Crippen LogP contribution in [0.25, 0.3) is 0 Å². The van der Waals surface area contributed by atoms with Crippen molar-refractivity contribution in [3.8, 4) is 0 Å². The number of amides is 1. The number of hydrogen-bond acceptors (Lipinski definition) is 4. The van der Waals surface area contributed by atoms with E-state index >= 15 is 0 Å². The summed E-state index contributed by atoms with van der Waals surface area (Å²) in [4.78, 5) is 28.0. The number of thiophene rings is 1. The van der Waals surface area contributed by atoms with Gasteiger partial charge in [-0.05, 0) is 38.1 Å². The van der Waals surface area contributed by atoms with Gasteiger partial charge in [0.25, 0.3) is 5.91 Å². The summed E-state index contributed by atoms with van der Waals surface area (Å²) in [6, 6.07) is 6.21. The van der Waals surface area contributed by atoms with Gasteiger partial charge >= 0.3 is 5.97 Å². The Kier molecular flexibility index (Phi) is 4.59. The molecule has 7 heteroatoms. The van der Waals surface area contributed by atoms with E-state index in [9.17, 15) is 9.59 Å². The summed E-state index contributed by atoms with van der Waals surface area (Å²) in [5, 5.41) is 11.7. The van der Waals surface area contributed by atoms with Crippen LogP contribution in [-0.2, 0) is 0 Å². The molecule has 0 saturated carbocycles. The molecular formula is C14H13ClN2O3S. The lowest BCUT2D eigenvalue weighted by Gasteiger charge is -2.12. The van der Waals surface area contributed by atoms with Gasteiger partial charge in [-0.15, -0.1) is 11.3 Å². The number of pyridine rings is 1. The SMILES string of the molecule is Cc1nc(C(=O)NC(C)c2ccc(Cl)s2)ccc1C(=O)O. The molecule has 21 heavy (non-hydrogen) atoms. The molecule has 0 aliphatic carbocycles. The van der Waals surface area contributed by atoms with Crippen molar-refractivity contribution in [2.75, 3.05) is 0 Å². The number of aromatic nitrogens is 1. The number of carboxylic acids is 1. The number of nitrogens with one attached hydrogen (secondary N) is 1. The molecule has 5 nitrogen and oxygen atoms in total. The van der Waals surface area contributed by atoms with Crippen LogP contribution in [0.5, 0.6) is 0 Å². The van der Waals surface area contributed by atoms with Gasteiger partial charge in [0, 0.05) is 4.88 Å². The van der Waals surface area contributed by atoms with Gasteiger partial charge in [0.2, 0.25) is 0 Å². The summed E-state index contributed by atoms with van der Waals surface area (Å²) >= 11 is 7.26. The number of carbonyl (C=O) groups excluding carboxylic acids is 1. The van der Waals surface area contributed by atoms with Crippen LogP contribution < -0.4 is 5.32 Å². The highest BCUT2D eigenvalue weighted by molar-refractivity contribution is 7.16. The van der Waals surface area contributed by atoms with E-state index in [0.717, 1.165) is 4.88 Å². The Balaban J connectivity index is 2.13. The Hall–Kier alpha value is -1.92. The third kappa shape index (κ3) is 3.59. The highest BCUT2D eigenvalue weighted by Crippen LogP contribution is 2.26. The van der Waals surface area contributed by atoms with E-state index in [0.29, 0.717) is 10.0 Å². The summed E-state index contributed by atoms with van der Waals surface area (Å²) < 4.78 is 0.658. The van der Waals surface area contributed by atoms with E-state index in [1.54, 1.807) is 13.0 Å². The Labute approximate surface area is 130 Å². The van der Waals surface area contributed by atoms with Crippen molar-refractivity contribution in [3.05, 3.63) is 50.4 Å². The fourth-order valence-electron chi connectivity index (χ4n) is 1.82. The minimum absolute atomic E-state index is 0.0876. The van der Waals surface area contributed by atoms with Gasteiger partial charge in [0.05, 0.1) is 21.6 Å². The van der Waals surface area contributed by atoms with Crippen LogP contribution in [0.15, 0.2) is 24.3 Å². The van der Waals surface area contributed by atoms with Crippen molar-refractivity contribution < 1.29 is 14.7 Å². The van der Waals surface area contributed by atoms with E-state index in [1.165, 1.54) is 23.5 Å². The van der Waals surface area contributed by atoms with Crippen LogP contribution >= 0.6 is 22.9 Å². The van der Waals surface area contributed by atoms with E-state index in [4.69, 9.17) is 16.7 Å². The standard InChI is InChI=1S/C14H13ClN2O3S/c1-7-9(14(19)20)3-4-10(16-7)13(18)17-8(2)11-5-6-12(15)21-11/h3-6,8H,1-2H3,(H,17,18)(H,19,20). The van der Waals surface area contributed by atoms with Crippen molar-refractivity contribution in [1.82, 2.24) is 10.3 Å². The van der Waals surface area contributed by atoms with Crippen LogP contribution in [-0.4, -0.2) is 22.0 Å². The summed E-state index contributed by atoms with van der Waals surface area (Å²) in [5.41, 5.74) is 0.582. The lowest BCUT2D eigenvalue weighted by molar-refractivity contribution is 0.0694. The third-order valence-electron chi connectivity index (χ3n) is 2.92. The topological polar surface area (TPSA) is 79.3 Å². The molecule has 2 aromatic rings. The van der Waals surface area contributed by atoms with E-state index < -0.39 is 5.97 Å². The van der Waals surface area contributed by atoms with Gasteiger partial charge in [-0.3, -0.25) is 4.79 Å². The minimum atomic E-state index is -1.06. The summed E-state index contributed by atoms with van der Waals surface area (Å²) in [6.45, 7) is 3.40. The quantitative estimate of drug-likeness (QED) is 0.904. The number of rotatable bonds is 4. The van der Waals surface area contributed by atoms with Crippen molar-refractivity contribution >= 4 is 34.8 Å². The zero-order valence-electron chi connectivity index (χ0n) is 11.4. The molecular weight excluding hydrogens is 312 g/mol.